The molecule has 19 heavy (non-hydrogen) atoms. The molecule has 2 rings (SSSR count). The van der Waals surface area contributed by atoms with Crippen LogP contribution in [0.15, 0.2) is 6.33 Å². The van der Waals surface area contributed by atoms with Crippen molar-refractivity contribution in [3.8, 4) is 5.88 Å². The molecule has 1 aliphatic rings. The molecule has 1 fully saturated rings. The summed E-state index contributed by atoms with van der Waals surface area (Å²) in [6.45, 7) is 2.64. The first-order valence-electron chi connectivity index (χ1n) is 6.78. The molecule has 0 aromatic carbocycles. The fourth-order valence-electron chi connectivity index (χ4n) is 2.36. The minimum atomic E-state index is 0.217. The van der Waals surface area contributed by atoms with Crippen molar-refractivity contribution in [3.05, 3.63) is 6.33 Å². The highest BCUT2D eigenvalue weighted by Crippen LogP contribution is 2.29. The van der Waals surface area contributed by atoms with Crippen molar-refractivity contribution >= 4 is 11.5 Å². The van der Waals surface area contributed by atoms with Gasteiger partial charge in [0.25, 0.3) is 0 Å². The Hall–Kier alpha value is -1.56. The van der Waals surface area contributed by atoms with Crippen molar-refractivity contribution in [3.63, 3.8) is 0 Å². The molecule has 1 saturated carbocycles. The minimum absolute atomic E-state index is 0.217. The zero-order valence-electron chi connectivity index (χ0n) is 11.6. The van der Waals surface area contributed by atoms with Crippen LogP contribution in [0.2, 0.25) is 0 Å². The molecule has 0 radical (unpaired) electrons. The van der Waals surface area contributed by atoms with E-state index in [2.05, 4.69) is 15.3 Å². The number of nitrogens with two attached hydrogens (primary N) is 1. The number of ether oxygens (including phenoxy) is 2. The molecule has 1 heterocycles. The Morgan fingerprint density at radius 3 is 3.00 bits per heavy atom. The van der Waals surface area contributed by atoms with E-state index in [-0.39, 0.29) is 12.1 Å². The molecule has 2 atom stereocenters. The van der Waals surface area contributed by atoms with Crippen molar-refractivity contribution in [2.75, 3.05) is 24.8 Å². The van der Waals surface area contributed by atoms with Gasteiger partial charge in [-0.1, -0.05) is 6.92 Å². The first-order valence-corrected chi connectivity index (χ1v) is 6.78. The lowest BCUT2D eigenvalue weighted by molar-refractivity contribution is 0.101. The molecule has 0 saturated heterocycles. The second kappa shape index (κ2) is 6.56. The summed E-state index contributed by atoms with van der Waals surface area (Å²) < 4.78 is 10.9. The molecular formula is C13H22N4O2. The van der Waals surface area contributed by atoms with Gasteiger partial charge in [-0.05, 0) is 25.7 Å². The minimum Gasteiger partial charge on any atom is -0.476 e. The van der Waals surface area contributed by atoms with E-state index in [4.69, 9.17) is 15.2 Å². The normalized spacial score (nSPS) is 22.4. The second-order valence-corrected chi connectivity index (χ2v) is 4.75. The number of aromatic nitrogens is 2. The molecule has 6 nitrogen and oxygen atoms in total. The van der Waals surface area contributed by atoms with Crippen LogP contribution in [0.4, 0.5) is 11.5 Å². The molecular weight excluding hydrogens is 244 g/mol. The molecule has 2 unspecified atom stereocenters. The molecule has 3 N–H and O–H groups in total. The molecule has 0 aliphatic heterocycles. The second-order valence-electron chi connectivity index (χ2n) is 4.75. The molecule has 1 aromatic rings. The summed E-state index contributed by atoms with van der Waals surface area (Å²) in [5.74, 6) is 1.08. The van der Waals surface area contributed by atoms with Gasteiger partial charge < -0.3 is 20.5 Å². The van der Waals surface area contributed by atoms with Crippen LogP contribution in [0.3, 0.4) is 0 Å². The van der Waals surface area contributed by atoms with Gasteiger partial charge in [0, 0.05) is 7.11 Å². The van der Waals surface area contributed by atoms with Crippen LogP contribution in [-0.4, -0.2) is 35.8 Å². The Bertz CT molecular complexity index is 414. The maximum absolute atomic E-state index is 6.04. The number of anilines is 2. The molecule has 1 aliphatic carbocycles. The number of nitrogen functional groups attached to an aromatic ring is 1. The summed E-state index contributed by atoms with van der Waals surface area (Å²) in [5.41, 5.74) is 6.51. The highest BCUT2D eigenvalue weighted by atomic mass is 16.5. The fourth-order valence-corrected chi connectivity index (χ4v) is 2.36. The van der Waals surface area contributed by atoms with Crippen molar-refractivity contribution in [1.82, 2.24) is 9.97 Å². The summed E-state index contributed by atoms with van der Waals surface area (Å²) in [6, 6.07) is 0.251. The van der Waals surface area contributed by atoms with E-state index in [1.165, 1.54) is 6.33 Å². The first-order chi connectivity index (χ1) is 9.26. The van der Waals surface area contributed by atoms with Gasteiger partial charge in [-0.15, -0.1) is 0 Å². The zero-order valence-corrected chi connectivity index (χ0v) is 11.6. The van der Waals surface area contributed by atoms with Crippen LogP contribution in [0.5, 0.6) is 5.88 Å². The predicted octanol–water partition coefficient (Wildman–Crippen LogP) is 1.83. The van der Waals surface area contributed by atoms with Crippen molar-refractivity contribution in [1.29, 1.82) is 0 Å². The van der Waals surface area contributed by atoms with E-state index in [0.717, 1.165) is 25.7 Å². The van der Waals surface area contributed by atoms with Crippen LogP contribution in [0.25, 0.3) is 0 Å². The number of nitrogens with one attached hydrogen (secondary N) is 1. The van der Waals surface area contributed by atoms with Gasteiger partial charge in [0.05, 0.1) is 18.8 Å². The van der Waals surface area contributed by atoms with Crippen LogP contribution in [0, 0.1) is 0 Å². The molecule has 1 aromatic heterocycles. The maximum atomic E-state index is 6.04. The average Bonchev–Trinajstić information content (AvgIpc) is 2.87. The fraction of sp³-hybridized carbons (Fsp3) is 0.692. The van der Waals surface area contributed by atoms with Crippen molar-refractivity contribution < 1.29 is 9.47 Å². The van der Waals surface area contributed by atoms with Crippen LogP contribution < -0.4 is 15.8 Å². The molecule has 0 spiro atoms. The predicted molar refractivity (Wildman–Crippen MR) is 74.3 cm³/mol. The Balaban J connectivity index is 2.07. The van der Waals surface area contributed by atoms with Gasteiger partial charge in [-0.3, -0.25) is 0 Å². The van der Waals surface area contributed by atoms with Gasteiger partial charge >= 0.3 is 0 Å². The summed E-state index contributed by atoms with van der Waals surface area (Å²) >= 11 is 0. The van der Waals surface area contributed by atoms with E-state index < -0.39 is 0 Å². The lowest BCUT2D eigenvalue weighted by Gasteiger charge is -2.21. The Kier molecular flexibility index (Phi) is 4.79. The molecule has 106 valence electrons. The topological polar surface area (TPSA) is 82.3 Å². The first kappa shape index (κ1) is 13.9. The Morgan fingerprint density at radius 1 is 1.42 bits per heavy atom. The quantitative estimate of drug-likeness (QED) is 0.817. The van der Waals surface area contributed by atoms with Gasteiger partial charge in [0.2, 0.25) is 5.88 Å². The lowest BCUT2D eigenvalue weighted by atomic mass is 10.2. The van der Waals surface area contributed by atoms with Crippen molar-refractivity contribution in [2.24, 2.45) is 0 Å². The Labute approximate surface area is 113 Å². The van der Waals surface area contributed by atoms with Gasteiger partial charge in [-0.2, -0.15) is 4.98 Å². The summed E-state index contributed by atoms with van der Waals surface area (Å²) in [5, 5.41) is 3.35. The average molecular weight is 266 g/mol. The van der Waals surface area contributed by atoms with Gasteiger partial charge in [0.1, 0.15) is 12.0 Å². The zero-order chi connectivity index (χ0) is 13.7. The third-order valence-corrected chi connectivity index (χ3v) is 3.37. The number of hydrogen-bond donors (Lipinski definition) is 2. The Morgan fingerprint density at radius 2 is 2.26 bits per heavy atom. The van der Waals surface area contributed by atoms with Crippen LogP contribution in [0.1, 0.15) is 32.6 Å². The van der Waals surface area contributed by atoms with E-state index in [0.29, 0.717) is 24.0 Å². The number of hydrogen-bond acceptors (Lipinski definition) is 6. The SMILES string of the molecule is CCCOc1ncnc(NC2CCCC2OC)c1N. The summed E-state index contributed by atoms with van der Waals surface area (Å²) in [7, 11) is 1.74. The third-order valence-electron chi connectivity index (χ3n) is 3.37. The van der Waals surface area contributed by atoms with Crippen LogP contribution >= 0.6 is 0 Å². The molecule has 6 heteroatoms. The number of methoxy groups -OCH3 is 1. The summed E-state index contributed by atoms with van der Waals surface area (Å²) in [4.78, 5) is 8.26. The third kappa shape index (κ3) is 3.26. The highest BCUT2D eigenvalue weighted by molar-refractivity contribution is 5.66. The highest BCUT2D eigenvalue weighted by Gasteiger charge is 2.28. The van der Waals surface area contributed by atoms with Gasteiger partial charge in [0.15, 0.2) is 5.82 Å². The molecule has 0 amide bonds. The van der Waals surface area contributed by atoms with E-state index in [9.17, 15) is 0 Å². The van der Waals surface area contributed by atoms with E-state index in [1.807, 2.05) is 6.92 Å². The van der Waals surface area contributed by atoms with Gasteiger partial charge in [-0.25, -0.2) is 4.98 Å². The monoisotopic (exact) mass is 266 g/mol. The standard InChI is InChI=1S/C13H22N4O2/c1-3-7-19-13-11(14)12(15-8-16-13)17-9-5-4-6-10(9)18-2/h8-10H,3-7,14H2,1-2H3,(H,15,16,17). The van der Waals surface area contributed by atoms with E-state index >= 15 is 0 Å². The largest absolute Gasteiger partial charge is 0.476 e. The molecule has 0 bridgehead atoms. The van der Waals surface area contributed by atoms with E-state index in [1.54, 1.807) is 7.11 Å². The number of nitrogens with zero attached hydrogens (tertiary/aromatic N) is 2. The smallest absolute Gasteiger partial charge is 0.242 e. The lowest BCUT2D eigenvalue weighted by Crippen LogP contribution is -2.30. The van der Waals surface area contributed by atoms with Crippen LogP contribution in [-0.2, 0) is 4.74 Å². The van der Waals surface area contributed by atoms with Crippen molar-refractivity contribution in [2.45, 2.75) is 44.8 Å². The maximum Gasteiger partial charge on any atom is 0.242 e. The summed E-state index contributed by atoms with van der Waals surface area (Å²) in [6.07, 6.45) is 5.89. The number of rotatable bonds is 6.